The Bertz CT molecular complexity index is 504. The van der Waals surface area contributed by atoms with E-state index in [0.29, 0.717) is 12.8 Å². The molecule has 8 nitrogen and oxygen atoms in total. The summed E-state index contributed by atoms with van der Waals surface area (Å²) in [6.07, 6.45) is 2.59. The van der Waals surface area contributed by atoms with Crippen molar-refractivity contribution in [2.45, 2.75) is 64.1 Å². The van der Waals surface area contributed by atoms with E-state index in [1.54, 1.807) is 20.8 Å². The van der Waals surface area contributed by atoms with Gasteiger partial charge in [0.15, 0.2) is 0 Å². The molecule has 2 amide bonds. The molecular weight excluding hydrogens is 298 g/mol. The van der Waals surface area contributed by atoms with Gasteiger partial charge in [0, 0.05) is 24.5 Å². The highest BCUT2D eigenvalue weighted by molar-refractivity contribution is 5.86. The van der Waals surface area contributed by atoms with Crippen LogP contribution in [-0.4, -0.2) is 59.1 Å². The monoisotopic (exact) mass is 323 g/mol. The summed E-state index contributed by atoms with van der Waals surface area (Å²) < 4.78 is 5.43. The summed E-state index contributed by atoms with van der Waals surface area (Å²) in [6.45, 7) is 7.09. The maximum absolute atomic E-state index is 12.7. The van der Waals surface area contributed by atoms with Crippen LogP contribution in [0, 0.1) is 0 Å². The van der Waals surface area contributed by atoms with Crippen molar-refractivity contribution in [1.82, 2.24) is 9.80 Å². The first-order valence-corrected chi connectivity index (χ1v) is 8.14. The van der Waals surface area contributed by atoms with Crippen LogP contribution >= 0.6 is 0 Å². The molecule has 0 unspecified atom stereocenters. The number of ether oxygens (including phenoxy) is 1. The zero-order valence-corrected chi connectivity index (χ0v) is 14.1. The molecule has 0 aromatic rings. The Balaban J connectivity index is 2.15. The lowest BCUT2D eigenvalue weighted by Gasteiger charge is -2.39. The average molecular weight is 323 g/mol. The van der Waals surface area contributed by atoms with Crippen LogP contribution in [0.5, 0.6) is 0 Å². The van der Waals surface area contributed by atoms with Crippen molar-refractivity contribution in [3.05, 3.63) is 10.4 Å². The Morgan fingerprint density at radius 2 is 1.87 bits per heavy atom. The van der Waals surface area contributed by atoms with Crippen LogP contribution in [0.25, 0.3) is 10.4 Å². The first-order valence-electron chi connectivity index (χ1n) is 8.14. The van der Waals surface area contributed by atoms with E-state index in [1.165, 1.54) is 4.90 Å². The second-order valence-corrected chi connectivity index (χ2v) is 7.12. The second-order valence-electron chi connectivity index (χ2n) is 7.12. The lowest BCUT2D eigenvalue weighted by Crippen LogP contribution is -2.56. The van der Waals surface area contributed by atoms with Crippen LogP contribution in [0.15, 0.2) is 5.11 Å². The van der Waals surface area contributed by atoms with Gasteiger partial charge < -0.3 is 9.64 Å². The number of azide groups is 1. The van der Waals surface area contributed by atoms with Crippen molar-refractivity contribution < 1.29 is 14.3 Å². The van der Waals surface area contributed by atoms with Crippen LogP contribution in [0.2, 0.25) is 0 Å². The molecule has 2 aliphatic heterocycles. The van der Waals surface area contributed by atoms with Gasteiger partial charge in [-0.3, -0.25) is 9.69 Å². The molecule has 0 aromatic heterocycles. The van der Waals surface area contributed by atoms with E-state index in [9.17, 15) is 9.59 Å². The smallest absolute Gasteiger partial charge is 0.410 e. The molecule has 0 saturated carbocycles. The van der Waals surface area contributed by atoms with Gasteiger partial charge in [0.05, 0.1) is 6.04 Å². The summed E-state index contributed by atoms with van der Waals surface area (Å²) in [5, 5.41) is 3.71. The van der Waals surface area contributed by atoms with E-state index in [4.69, 9.17) is 10.3 Å². The van der Waals surface area contributed by atoms with Gasteiger partial charge in [-0.05, 0) is 52.0 Å². The number of carbonyl (C=O) groups is 2. The van der Waals surface area contributed by atoms with Crippen molar-refractivity contribution in [2.75, 3.05) is 19.6 Å². The van der Waals surface area contributed by atoms with E-state index in [0.717, 1.165) is 25.9 Å². The third-order valence-electron chi connectivity index (χ3n) is 4.10. The largest absolute Gasteiger partial charge is 0.444 e. The van der Waals surface area contributed by atoms with Crippen molar-refractivity contribution >= 4 is 12.0 Å². The number of hydrogen-bond acceptors (Lipinski definition) is 4. The number of hydrogen-bond donors (Lipinski definition) is 0. The Labute approximate surface area is 136 Å². The minimum atomic E-state index is -0.635. The van der Waals surface area contributed by atoms with E-state index in [-0.39, 0.29) is 18.5 Å². The topological polar surface area (TPSA) is 98.6 Å². The van der Waals surface area contributed by atoms with E-state index >= 15 is 0 Å². The minimum absolute atomic E-state index is 0.0206. The number of piperidine rings is 1. The maximum Gasteiger partial charge on any atom is 0.410 e. The van der Waals surface area contributed by atoms with Gasteiger partial charge in [-0.15, -0.1) is 0 Å². The summed E-state index contributed by atoms with van der Waals surface area (Å²) in [5.74, 6) is -0.0206. The fourth-order valence-corrected chi connectivity index (χ4v) is 3.05. The van der Waals surface area contributed by atoms with Crippen LogP contribution in [-0.2, 0) is 9.53 Å². The van der Waals surface area contributed by atoms with E-state index in [1.807, 2.05) is 4.90 Å². The molecule has 0 radical (unpaired) electrons. The first kappa shape index (κ1) is 17.4. The second kappa shape index (κ2) is 7.08. The highest BCUT2D eigenvalue weighted by atomic mass is 16.6. The van der Waals surface area contributed by atoms with Gasteiger partial charge in [-0.2, -0.15) is 0 Å². The number of carbonyl (C=O) groups excluding carboxylic acids is 2. The minimum Gasteiger partial charge on any atom is -0.444 e. The fourth-order valence-electron chi connectivity index (χ4n) is 3.05. The maximum atomic E-state index is 12.7. The van der Waals surface area contributed by atoms with Crippen molar-refractivity contribution in [1.29, 1.82) is 0 Å². The molecule has 128 valence electrons. The standard InChI is InChI=1S/C15H25N5O3/c1-15(2,3)23-14(22)20-10-11(17-18-16)6-7-12(20)13(21)19-8-4-5-9-19/h11-12H,4-10H2,1-3H3/t11-,12+/m0/s1. The number of likely N-dealkylation sites (tertiary alicyclic amines) is 2. The molecule has 23 heavy (non-hydrogen) atoms. The molecular formula is C15H25N5O3. The Kier molecular flexibility index (Phi) is 5.36. The van der Waals surface area contributed by atoms with Gasteiger partial charge in [-0.1, -0.05) is 5.11 Å². The third-order valence-corrected chi connectivity index (χ3v) is 4.10. The number of rotatable bonds is 2. The summed E-state index contributed by atoms with van der Waals surface area (Å²) >= 11 is 0. The number of amides is 2. The van der Waals surface area contributed by atoms with Gasteiger partial charge in [0.2, 0.25) is 5.91 Å². The lowest BCUT2D eigenvalue weighted by atomic mass is 9.98. The molecule has 0 aromatic carbocycles. The SMILES string of the molecule is CC(C)(C)OC(=O)N1C[C@@H](N=[N+]=[N-])CC[C@@H]1C(=O)N1CCCC1. The van der Waals surface area contributed by atoms with E-state index < -0.39 is 17.7 Å². The Morgan fingerprint density at radius 1 is 1.22 bits per heavy atom. The van der Waals surface area contributed by atoms with Crippen LogP contribution < -0.4 is 0 Å². The molecule has 2 saturated heterocycles. The van der Waals surface area contributed by atoms with Crippen molar-refractivity contribution in [2.24, 2.45) is 5.11 Å². The molecule has 0 spiro atoms. The lowest BCUT2D eigenvalue weighted by molar-refractivity contribution is -0.137. The summed E-state index contributed by atoms with van der Waals surface area (Å²) in [5.41, 5.74) is 7.99. The summed E-state index contributed by atoms with van der Waals surface area (Å²) in [7, 11) is 0. The van der Waals surface area contributed by atoms with Crippen molar-refractivity contribution in [3.8, 4) is 0 Å². The molecule has 0 aliphatic carbocycles. The molecule has 0 N–H and O–H groups in total. The third kappa shape index (κ3) is 4.51. The predicted molar refractivity (Wildman–Crippen MR) is 84.7 cm³/mol. The Morgan fingerprint density at radius 3 is 2.43 bits per heavy atom. The average Bonchev–Trinajstić information content (AvgIpc) is 2.99. The van der Waals surface area contributed by atoms with Crippen molar-refractivity contribution in [3.63, 3.8) is 0 Å². The van der Waals surface area contributed by atoms with Crippen LogP contribution in [0.3, 0.4) is 0 Å². The van der Waals surface area contributed by atoms with Gasteiger partial charge >= 0.3 is 6.09 Å². The van der Waals surface area contributed by atoms with Crippen LogP contribution in [0.4, 0.5) is 4.79 Å². The molecule has 2 rings (SSSR count). The molecule has 2 fully saturated rings. The van der Waals surface area contributed by atoms with Gasteiger partial charge in [-0.25, -0.2) is 4.79 Å². The fraction of sp³-hybridized carbons (Fsp3) is 0.867. The Hall–Kier alpha value is -1.95. The highest BCUT2D eigenvalue weighted by Crippen LogP contribution is 2.25. The zero-order chi connectivity index (χ0) is 17.0. The zero-order valence-electron chi connectivity index (χ0n) is 14.1. The van der Waals surface area contributed by atoms with Crippen LogP contribution in [0.1, 0.15) is 46.5 Å². The van der Waals surface area contributed by atoms with E-state index in [2.05, 4.69) is 10.0 Å². The highest BCUT2D eigenvalue weighted by Gasteiger charge is 2.40. The quantitative estimate of drug-likeness (QED) is 0.443. The molecule has 0 bridgehead atoms. The normalized spacial score (nSPS) is 25.0. The predicted octanol–water partition coefficient (Wildman–Crippen LogP) is 2.69. The summed E-state index contributed by atoms with van der Waals surface area (Å²) in [6, 6.07) is -0.830. The first-order chi connectivity index (χ1) is 10.8. The molecule has 2 aliphatic rings. The molecule has 2 heterocycles. The van der Waals surface area contributed by atoms with Gasteiger partial charge in [0.1, 0.15) is 11.6 Å². The van der Waals surface area contributed by atoms with Gasteiger partial charge in [0.25, 0.3) is 0 Å². The number of nitrogens with zero attached hydrogens (tertiary/aromatic N) is 5. The summed E-state index contributed by atoms with van der Waals surface area (Å²) in [4.78, 5) is 31.3. The molecule has 2 atom stereocenters. The molecule has 8 heteroatoms.